The van der Waals surface area contributed by atoms with Gasteiger partial charge < -0.3 is 8.83 Å². The third-order valence-corrected chi connectivity index (χ3v) is 5.73. The molecule has 2 aromatic heterocycles. The van der Waals surface area contributed by atoms with E-state index in [0.29, 0.717) is 17.9 Å². The van der Waals surface area contributed by atoms with Gasteiger partial charge in [-0.15, -0.1) is 0 Å². The number of hydrogen-bond donors (Lipinski definition) is 0. The largest absolute Gasteiger partial charge is 0.466 e. The van der Waals surface area contributed by atoms with Gasteiger partial charge in [-0.1, -0.05) is 17.7 Å². The van der Waals surface area contributed by atoms with Crippen LogP contribution in [-0.4, -0.2) is 19.3 Å². The highest BCUT2D eigenvalue weighted by Crippen LogP contribution is 2.17. The van der Waals surface area contributed by atoms with E-state index in [0.717, 1.165) is 21.4 Å². The smallest absolute Gasteiger partial charge is 0.270 e. The van der Waals surface area contributed by atoms with Gasteiger partial charge in [-0.05, 0) is 63.1 Å². The molecule has 0 aliphatic rings. The molecule has 2 heterocycles. The van der Waals surface area contributed by atoms with Crippen LogP contribution in [0.1, 0.15) is 28.6 Å². The van der Waals surface area contributed by atoms with Gasteiger partial charge in [0.25, 0.3) is 10.0 Å². The van der Waals surface area contributed by atoms with Gasteiger partial charge in [0.1, 0.15) is 17.3 Å². The zero-order valence-electron chi connectivity index (χ0n) is 15.5. The zero-order chi connectivity index (χ0) is 19.4. The molecule has 0 aliphatic heterocycles. The van der Waals surface area contributed by atoms with E-state index in [2.05, 4.69) is 12.0 Å². The first-order valence-electron chi connectivity index (χ1n) is 8.57. The lowest BCUT2D eigenvalue weighted by Crippen LogP contribution is -2.28. The summed E-state index contributed by atoms with van der Waals surface area (Å²) in [5, 5.41) is 0. The molecule has 0 spiro atoms. The van der Waals surface area contributed by atoms with Crippen molar-refractivity contribution in [2.75, 3.05) is 6.54 Å². The molecule has 0 radical (unpaired) electrons. The molecule has 0 aliphatic carbocycles. The number of rotatable bonds is 5. The average Bonchev–Trinajstić information content (AvgIpc) is 3.23. The fourth-order valence-corrected chi connectivity index (χ4v) is 3.76. The molecule has 27 heavy (non-hydrogen) atoms. The molecule has 0 saturated carbocycles. The van der Waals surface area contributed by atoms with Gasteiger partial charge in [0.2, 0.25) is 0 Å². The molecule has 0 N–H and O–H groups in total. The summed E-state index contributed by atoms with van der Waals surface area (Å²) in [6.07, 6.45) is 0.421. The fourth-order valence-electron chi connectivity index (χ4n) is 2.52. The van der Waals surface area contributed by atoms with E-state index in [-0.39, 0.29) is 11.4 Å². The van der Waals surface area contributed by atoms with Crippen molar-refractivity contribution in [1.29, 1.82) is 0 Å². The summed E-state index contributed by atoms with van der Waals surface area (Å²) < 4.78 is 38.2. The Labute approximate surface area is 159 Å². The Balaban J connectivity index is 1.90. The lowest BCUT2D eigenvalue weighted by atomic mass is 10.2. The number of furan rings is 2. The van der Waals surface area contributed by atoms with Gasteiger partial charge in [-0.25, -0.2) is 12.7 Å². The Morgan fingerprint density at radius 3 is 2.15 bits per heavy atom. The highest BCUT2D eigenvalue weighted by Gasteiger charge is 2.22. The summed E-state index contributed by atoms with van der Waals surface area (Å²) in [4.78, 5) is 0.202. The number of benzene rings is 1. The van der Waals surface area contributed by atoms with Gasteiger partial charge in [0.05, 0.1) is 11.4 Å². The third kappa shape index (κ3) is 4.63. The van der Waals surface area contributed by atoms with E-state index < -0.39 is 10.0 Å². The molecular weight excluding hydrogens is 362 g/mol. The Bertz CT molecular complexity index is 1080. The van der Waals surface area contributed by atoms with Crippen LogP contribution in [0.5, 0.6) is 0 Å². The molecule has 0 bridgehead atoms. The SMILES string of the molecule is Cc1ccc(S(=O)(=O)N(C#Cc2ccc(C)o2)CCc2ccc(C)o2)cc1. The van der Waals surface area contributed by atoms with Gasteiger partial charge in [-0.2, -0.15) is 0 Å². The number of aryl methyl sites for hydroxylation is 3. The molecule has 6 heteroatoms. The summed E-state index contributed by atoms with van der Waals surface area (Å²) in [7, 11) is -3.77. The highest BCUT2D eigenvalue weighted by atomic mass is 32.2. The third-order valence-electron chi connectivity index (χ3n) is 4.01. The number of nitrogens with zero attached hydrogens (tertiary/aromatic N) is 1. The second-order valence-electron chi connectivity index (χ2n) is 6.30. The van der Waals surface area contributed by atoms with E-state index in [1.807, 2.05) is 32.9 Å². The van der Waals surface area contributed by atoms with E-state index in [9.17, 15) is 8.42 Å². The van der Waals surface area contributed by atoms with E-state index >= 15 is 0 Å². The fraction of sp³-hybridized carbons (Fsp3) is 0.238. The summed E-state index contributed by atoms with van der Waals surface area (Å²) in [6.45, 7) is 5.75. The van der Waals surface area contributed by atoms with Crippen molar-refractivity contribution in [2.24, 2.45) is 0 Å². The van der Waals surface area contributed by atoms with E-state index in [1.54, 1.807) is 36.4 Å². The molecule has 0 unspecified atom stereocenters. The lowest BCUT2D eigenvalue weighted by molar-refractivity contribution is 0.454. The molecule has 0 atom stereocenters. The Kier molecular flexibility index (Phi) is 5.43. The first-order chi connectivity index (χ1) is 12.8. The van der Waals surface area contributed by atoms with Crippen molar-refractivity contribution in [3.05, 3.63) is 77.1 Å². The predicted molar refractivity (Wildman–Crippen MR) is 103 cm³/mol. The molecule has 140 valence electrons. The number of hydrogen-bond acceptors (Lipinski definition) is 4. The van der Waals surface area contributed by atoms with E-state index in [4.69, 9.17) is 8.83 Å². The van der Waals surface area contributed by atoms with Gasteiger partial charge in [0.15, 0.2) is 5.76 Å². The monoisotopic (exact) mass is 383 g/mol. The van der Waals surface area contributed by atoms with Crippen LogP contribution in [0.2, 0.25) is 0 Å². The van der Waals surface area contributed by atoms with Crippen molar-refractivity contribution in [2.45, 2.75) is 32.1 Å². The molecule has 3 rings (SSSR count). The maximum Gasteiger partial charge on any atom is 0.270 e. The van der Waals surface area contributed by atoms with Crippen LogP contribution in [0.25, 0.3) is 0 Å². The van der Waals surface area contributed by atoms with Crippen molar-refractivity contribution < 1.29 is 17.3 Å². The molecule has 1 aromatic carbocycles. The van der Waals surface area contributed by atoms with Crippen LogP contribution in [0.15, 0.2) is 62.3 Å². The van der Waals surface area contributed by atoms with Crippen LogP contribution in [-0.2, 0) is 16.4 Å². The van der Waals surface area contributed by atoms with Crippen molar-refractivity contribution in [1.82, 2.24) is 4.31 Å². The standard InChI is InChI=1S/C21H21NO4S/c1-16-4-10-21(11-5-16)27(23,24)22(14-12-19-8-6-17(2)25-19)15-13-20-9-7-18(3)26-20/h4-11H,12,14H2,1-3H3. The maximum absolute atomic E-state index is 13.1. The molecule has 0 saturated heterocycles. The second-order valence-corrected chi connectivity index (χ2v) is 8.16. The van der Waals surface area contributed by atoms with Crippen LogP contribution < -0.4 is 0 Å². The Hall–Kier alpha value is -2.91. The van der Waals surface area contributed by atoms with Crippen LogP contribution in [0, 0.1) is 32.7 Å². The van der Waals surface area contributed by atoms with E-state index in [1.165, 1.54) is 0 Å². The van der Waals surface area contributed by atoms with Gasteiger partial charge >= 0.3 is 0 Å². The average molecular weight is 383 g/mol. The van der Waals surface area contributed by atoms with Crippen molar-refractivity contribution >= 4 is 10.0 Å². The summed E-state index contributed by atoms with van der Waals surface area (Å²) in [5.41, 5.74) is 0.990. The summed E-state index contributed by atoms with van der Waals surface area (Å²) >= 11 is 0. The summed E-state index contributed by atoms with van der Waals surface area (Å²) in [6, 6.07) is 16.7. The normalized spacial score (nSPS) is 11.1. The Morgan fingerprint density at radius 1 is 0.889 bits per heavy atom. The molecule has 3 aromatic rings. The molecule has 0 amide bonds. The van der Waals surface area contributed by atoms with Crippen molar-refractivity contribution in [3.63, 3.8) is 0 Å². The number of sulfonamides is 1. The minimum atomic E-state index is -3.77. The minimum absolute atomic E-state index is 0.176. The van der Waals surface area contributed by atoms with Crippen molar-refractivity contribution in [3.8, 4) is 12.0 Å². The molecular formula is C21H21NO4S. The van der Waals surface area contributed by atoms with Gasteiger partial charge in [-0.3, -0.25) is 0 Å². The first kappa shape index (κ1) is 18.9. The Morgan fingerprint density at radius 2 is 1.56 bits per heavy atom. The topological polar surface area (TPSA) is 63.7 Å². The molecule has 0 fully saturated rings. The lowest BCUT2D eigenvalue weighted by Gasteiger charge is -2.17. The quantitative estimate of drug-likeness (QED) is 0.493. The minimum Gasteiger partial charge on any atom is -0.466 e. The predicted octanol–water partition coefficient (Wildman–Crippen LogP) is 4.04. The first-order valence-corrected chi connectivity index (χ1v) is 10.0. The second kappa shape index (κ2) is 7.77. The highest BCUT2D eigenvalue weighted by molar-refractivity contribution is 7.89. The molecule has 5 nitrogen and oxygen atoms in total. The zero-order valence-corrected chi connectivity index (χ0v) is 16.3. The van der Waals surface area contributed by atoms with Crippen LogP contribution in [0.3, 0.4) is 0 Å². The maximum atomic E-state index is 13.1. The van der Waals surface area contributed by atoms with Crippen LogP contribution in [0.4, 0.5) is 0 Å². The van der Waals surface area contributed by atoms with Crippen LogP contribution >= 0.6 is 0 Å². The summed E-state index contributed by atoms with van der Waals surface area (Å²) in [5.74, 6) is 5.44. The van der Waals surface area contributed by atoms with Gasteiger partial charge in [0, 0.05) is 12.5 Å².